The average Bonchev–Trinajstić information content (AvgIpc) is 2.88. The van der Waals surface area contributed by atoms with E-state index in [2.05, 4.69) is 55.3 Å². The second kappa shape index (κ2) is 5.57. The van der Waals surface area contributed by atoms with Crippen molar-refractivity contribution in [2.75, 3.05) is 6.54 Å². The Hall–Kier alpha value is -1.35. The van der Waals surface area contributed by atoms with Crippen LogP contribution in [0.25, 0.3) is 15.9 Å². The first-order chi connectivity index (χ1) is 9.63. The fourth-order valence-electron chi connectivity index (χ4n) is 2.93. The van der Waals surface area contributed by atoms with E-state index in [1.165, 1.54) is 22.4 Å². The van der Waals surface area contributed by atoms with Crippen LogP contribution in [-0.4, -0.2) is 11.5 Å². The Morgan fingerprint density at radius 3 is 3.05 bits per heavy atom. The lowest BCUT2D eigenvalue weighted by Gasteiger charge is -2.30. The van der Waals surface area contributed by atoms with E-state index in [4.69, 9.17) is 0 Å². The Morgan fingerprint density at radius 1 is 1.40 bits per heavy atom. The van der Waals surface area contributed by atoms with Gasteiger partial charge in [-0.1, -0.05) is 32.9 Å². The van der Waals surface area contributed by atoms with Gasteiger partial charge in [-0.3, -0.25) is 0 Å². The minimum absolute atomic E-state index is 0.678. The molecule has 2 heterocycles. The van der Waals surface area contributed by atoms with E-state index in [9.17, 15) is 0 Å². The van der Waals surface area contributed by atoms with Crippen molar-refractivity contribution in [3.05, 3.63) is 35.3 Å². The third-order valence-corrected chi connectivity index (χ3v) is 4.92. The first-order valence-electron chi connectivity index (χ1n) is 7.43. The summed E-state index contributed by atoms with van der Waals surface area (Å²) in [6.45, 7) is 8.03. The summed E-state index contributed by atoms with van der Waals surface area (Å²) in [7, 11) is 0. The minimum Gasteiger partial charge on any atom is -0.385 e. The molecule has 1 N–H and O–H groups in total. The van der Waals surface area contributed by atoms with Crippen molar-refractivity contribution < 1.29 is 0 Å². The third kappa shape index (κ3) is 2.73. The maximum Gasteiger partial charge on any atom is 0.0818 e. The maximum atomic E-state index is 4.42. The molecule has 2 atom stereocenters. The number of fused-ring (bicyclic) bond motifs is 1. The van der Waals surface area contributed by atoms with Gasteiger partial charge in [0, 0.05) is 12.2 Å². The van der Waals surface area contributed by atoms with Crippen LogP contribution in [0.2, 0.25) is 0 Å². The van der Waals surface area contributed by atoms with Crippen molar-refractivity contribution in [3.63, 3.8) is 0 Å². The average molecular weight is 286 g/mol. The van der Waals surface area contributed by atoms with E-state index in [-0.39, 0.29) is 0 Å². The Labute approximate surface area is 124 Å². The van der Waals surface area contributed by atoms with Gasteiger partial charge in [-0.05, 0) is 41.9 Å². The molecule has 20 heavy (non-hydrogen) atoms. The summed E-state index contributed by atoms with van der Waals surface area (Å²) in [5, 5.41) is 3.58. The number of nitrogens with zero attached hydrogens (tertiary/aromatic N) is 1. The van der Waals surface area contributed by atoms with Gasteiger partial charge in [-0.2, -0.15) is 0 Å². The number of aromatic nitrogens is 1. The second-order valence-electron chi connectivity index (χ2n) is 6.27. The highest BCUT2D eigenvalue weighted by Crippen LogP contribution is 2.30. The van der Waals surface area contributed by atoms with Crippen molar-refractivity contribution in [3.8, 4) is 0 Å². The summed E-state index contributed by atoms with van der Waals surface area (Å²) in [4.78, 5) is 4.42. The fourth-order valence-corrected chi connectivity index (χ4v) is 3.59. The van der Waals surface area contributed by atoms with Crippen LogP contribution >= 0.6 is 11.3 Å². The summed E-state index contributed by atoms with van der Waals surface area (Å²) < 4.78 is 1.26. The molecule has 2 unspecified atom stereocenters. The van der Waals surface area contributed by atoms with Gasteiger partial charge in [0.1, 0.15) is 0 Å². The molecule has 0 bridgehead atoms. The lowest BCUT2D eigenvalue weighted by Crippen LogP contribution is -2.31. The van der Waals surface area contributed by atoms with Gasteiger partial charge in [0.2, 0.25) is 0 Å². The zero-order valence-electron chi connectivity index (χ0n) is 12.4. The van der Waals surface area contributed by atoms with Crippen molar-refractivity contribution in [1.82, 2.24) is 10.3 Å². The van der Waals surface area contributed by atoms with E-state index >= 15 is 0 Å². The van der Waals surface area contributed by atoms with Crippen LogP contribution in [0.1, 0.15) is 32.8 Å². The highest BCUT2D eigenvalue weighted by atomic mass is 32.1. The molecule has 106 valence electrons. The van der Waals surface area contributed by atoms with Crippen LogP contribution < -0.4 is 5.32 Å². The zero-order chi connectivity index (χ0) is 14.1. The molecule has 2 nitrogen and oxygen atoms in total. The fraction of sp³-hybridized carbons (Fsp3) is 0.471. The molecule has 0 radical (unpaired) electrons. The van der Waals surface area contributed by atoms with Crippen LogP contribution in [0.5, 0.6) is 0 Å². The summed E-state index contributed by atoms with van der Waals surface area (Å²) in [5.74, 6) is 2.14. The summed E-state index contributed by atoms with van der Waals surface area (Å²) in [6, 6.07) is 6.59. The normalized spacial score (nSPS) is 22.9. The number of nitrogens with one attached hydrogen (secondary N) is 1. The molecule has 1 aromatic heterocycles. The number of allylic oxidation sites excluding steroid dienone is 1. The smallest absolute Gasteiger partial charge is 0.0818 e. The van der Waals surface area contributed by atoms with E-state index < -0.39 is 0 Å². The minimum atomic E-state index is 0.678. The van der Waals surface area contributed by atoms with Crippen molar-refractivity contribution >= 4 is 27.3 Å². The number of thiazole rings is 1. The second-order valence-corrected chi connectivity index (χ2v) is 7.15. The standard InChI is InChI=1S/C17H22N2S/c1-11(2)6-14-8-15(18-9-12(14)3)13-4-5-17-16(7-13)19-10-20-17/h4-5,7-8,10-12,14,18H,6,9H2,1-3H3. The molecule has 1 aliphatic heterocycles. The molecule has 0 amide bonds. The van der Waals surface area contributed by atoms with E-state index in [1.807, 2.05) is 5.51 Å². The van der Waals surface area contributed by atoms with Crippen LogP contribution in [0.4, 0.5) is 0 Å². The number of rotatable bonds is 3. The van der Waals surface area contributed by atoms with Crippen molar-refractivity contribution in [2.24, 2.45) is 17.8 Å². The molecule has 0 saturated heterocycles. The first-order valence-corrected chi connectivity index (χ1v) is 8.31. The summed E-state index contributed by atoms with van der Waals surface area (Å²) >= 11 is 1.70. The number of benzene rings is 1. The van der Waals surface area contributed by atoms with E-state index in [1.54, 1.807) is 11.3 Å². The van der Waals surface area contributed by atoms with Crippen LogP contribution in [0.3, 0.4) is 0 Å². The molecule has 3 rings (SSSR count). The SMILES string of the molecule is CC(C)CC1C=C(c2ccc3scnc3c2)NCC1C. The third-order valence-electron chi connectivity index (χ3n) is 4.11. The first kappa shape index (κ1) is 13.6. The summed E-state index contributed by atoms with van der Waals surface area (Å²) in [6.07, 6.45) is 3.70. The molecular formula is C17H22N2S. The highest BCUT2D eigenvalue weighted by Gasteiger charge is 2.22. The van der Waals surface area contributed by atoms with Crippen LogP contribution in [0.15, 0.2) is 29.8 Å². The molecular weight excluding hydrogens is 264 g/mol. The molecule has 2 aromatic rings. The van der Waals surface area contributed by atoms with Gasteiger partial charge in [0.15, 0.2) is 0 Å². The molecule has 1 aliphatic rings. The van der Waals surface area contributed by atoms with Gasteiger partial charge < -0.3 is 5.32 Å². The van der Waals surface area contributed by atoms with E-state index in [0.29, 0.717) is 11.8 Å². The van der Waals surface area contributed by atoms with Gasteiger partial charge in [0.05, 0.1) is 15.7 Å². The zero-order valence-corrected chi connectivity index (χ0v) is 13.2. The van der Waals surface area contributed by atoms with Crippen LogP contribution in [0, 0.1) is 17.8 Å². The molecule has 0 fully saturated rings. The maximum absolute atomic E-state index is 4.42. The van der Waals surface area contributed by atoms with Gasteiger partial charge in [-0.15, -0.1) is 11.3 Å². The quantitative estimate of drug-likeness (QED) is 0.896. The topological polar surface area (TPSA) is 24.9 Å². The summed E-state index contributed by atoms with van der Waals surface area (Å²) in [5.41, 5.74) is 5.57. The Morgan fingerprint density at radius 2 is 2.25 bits per heavy atom. The predicted molar refractivity (Wildman–Crippen MR) is 87.7 cm³/mol. The Balaban J connectivity index is 1.91. The number of hydrogen-bond donors (Lipinski definition) is 1. The molecule has 0 aliphatic carbocycles. The molecule has 1 aromatic carbocycles. The lowest BCUT2D eigenvalue weighted by molar-refractivity contribution is 0.344. The lowest BCUT2D eigenvalue weighted by atomic mass is 9.83. The Bertz CT molecular complexity index is 627. The molecule has 0 spiro atoms. The predicted octanol–water partition coefficient (Wildman–Crippen LogP) is 4.54. The molecule has 3 heteroatoms. The number of hydrogen-bond acceptors (Lipinski definition) is 3. The Kier molecular flexibility index (Phi) is 3.79. The van der Waals surface area contributed by atoms with Gasteiger partial charge in [0.25, 0.3) is 0 Å². The van der Waals surface area contributed by atoms with Crippen molar-refractivity contribution in [1.29, 1.82) is 0 Å². The van der Waals surface area contributed by atoms with Gasteiger partial charge >= 0.3 is 0 Å². The van der Waals surface area contributed by atoms with Crippen LogP contribution in [-0.2, 0) is 0 Å². The monoisotopic (exact) mass is 286 g/mol. The largest absolute Gasteiger partial charge is 0.385 e. The molecule has 0 saturated carbocycles. The van der Waals surface area contributed by atoms with Crippen molar-refractivity contribution in [2.45, 2.75) is 27.2 Å². The van der Waals surface area contributed by atoms with E-state index in [0.717, 1.165) is 18.0 Å². The van der Waals surface area contributed by atoms with Gasteiger partial charge in [-0.25, -0.2) is 4.98 Å². The highest BCUT2D eigenvalue weighted by molar-refractivity contribution is 7.16.